The highest BCUT2D eigenvalue weighted by Crippen LogP contribution is 2.17. The zero-order valence-electron chi connectivity index (χ0n) is 15.0. The Morgan fingerprint density at radius 3 is 2.65 bits per heavy atom. The highest BCUT2D eigenvalue weighted by molar-refractivity contribution is 14.0. The number of hydrogen-bond donors (Lipinski definition) is 2. The molecule has 2 N–H and O–H groups in total. The van der Waals surface area contributed by atoms with E-state index in [9.17, 15) is 4.39 Å². The van der Waals surface area contributed by atoms with Crippen molar-refractivity contribution in [2.45, 2.75) is 13.5 Å². The van der Waals surface area contributed by atoms with Gasteiger partial charge in [-0.2, -0.15) is 0 Å². The summed E-state index contributed by atoms with van der Waals surface area (Å²) >= 11 is 0. The van der Waals surface area contributed by atoms with Gasteiger partial charge in [0.25, 0.3) is 0 Å². The normalized spacial score (nSPS) is 10.7. The fourth-order valence-corrected chi connectivity index (χ4v) is 2.23. The molecule has 0 heterocycles. The first-order valence-electron chi connectivity index (χ1n) is 8.25. The summed E-state index contributed by atoms with van der Waals surface area (Å²) in [5, 5.41) is 6.37. The largest absolute Gasteiger partial charge is 0.496 e. The number of aliphatic imine (C=N–C) groups is 1. The number of benzene rings is 2. The quantitative estimate of drug-likeness (QED) is 0.267. The standard InChI is InChI=1S/C19H24FN3O2.HI/c1-3-21-19(23-14-15-7-4-5-10-18(15)24-2)22-11-12-25-17-9-6-8-16(20)13-17;/h4-10,13H,3,11-12,14H2,1-2H3,(H2,21,22,23);1H. The Morgan fingerprint density at radius 1 is 1.12 bits per heavy atom. The van der Waals surface area contributed by atoms with Gasteiger partial charge in [0.15, 0.2) is 5.96 Å². The van der Waals surface area contributed by atoms with E-state index < -0.39 is 0 Å². The van der Waals surface area contributed by atoms with Gasteiger partial charge >= 0.3 is 0 Å². The molecule has 2 rings (SSSR count). The van der Waals surface area contributed by atoms with Crippen LogP contribution < -0.4 is 20.1 Å². The lowest BCUT2D eigenvalue weighted by molar-refractivity contribution is 0.320. The molecule has 0 aliphatic carbocycles. The van der Waals surface area contributed by atoms with E-state index in [2.05, 4.69) is 15.6 Å². The Bertz CT molecular complexity index is 698. The zero-order valence-corrected chi connectivity index (χ0v) is 17.3. The van der Waals surface area contributed by atoms with Crippen LogP contribution in [0.5, 0.6) is 11.5 Å². The van der Waals surface area contributed by atoms with Crippen LogP contribution in [0.15, 0.2) is 53.5 Å². The molecule has 142 valence electrons. The maximum absolute atomic E-state index is 13.1. The van der Waals surface area contributed by atoms with E-state index in [0.29, 0.717) is 31.4 Å². The van der Waals surface area contributed by atoms with Crippen LogP contribution >= 0.6 is 24.0 Å². The molecule has 2 aromatic carbocycles. The van der Waals surface area contributed by atoms with Gasteiger partial charge in [0.1, 0.15) is 23.9 Å². The van der Waals surface area contributed by atoms with Crippen LogP contribution in [0.1, 0.15) is 12.5 Å². The number of nitrogens with one attached hydrogen (secondary N) is 2. The van der Waals surface area contributed by atoms with Crippen LogP contribution in [0, 0.1) is 5.82 Å². The summed E-state index contributed by atoms with van der Waals surface area (Å²) in [6, 6.07) is 13.9. The van der Waals surface area contributed by atoms with Crippen LogP contribution in [-0.4, -0.2) is 32.8 Å². The van der Waals surface area contributed by atoms with Crippen molar-refractivity contribution < 1.29 is 13.9 Å². The van der Waals surface area contributed by atoms with Crippen LogP contribution in [0.4, 0.5) is 4.39 Å². The molecule has 7 heteroatoms. The average molecular weight is 473 g/mol. The highest BCUT2D eigenvalue weighted by atomic mass is 127. The second-order valence-corrected chi connectivity index (χ2v) is 5.24. The summed E-state index contributed by atoms with van der Waals surface area (Å²) in [7, 11) is 1.65. The molecule has 0 unspecified atom stereocenters. The van der Waals surface area contributed by atoms with Crippen LogP contribution in [0.25, 0.3) is 0 Å². The number of rotatable bonds is 8. The minimum absolute atomic E-state index is 0. The molecule has 0 saturated heterocycles. The molecular weight excluding hydrogens is 448 g/mol. The van der Waals surface area contributed by atoms with Crippen molar-refractivity contribution in [3.63, 3.8) is 0 Å². The maximum atomic E-state index is 13.1. The molecule has 0 atom stereocenters. The number of para-hydroxylation sites is 1. The lowest BCUT2D eigenvalue weighted by Crippen LogP contribution is -2.39. The van der Waals surface area contributed by atoms with E-state index in [0.717, 1.165) is 17.9 Å². The van der Waals surface area contributed by atoms with Crippen molar-refractivity contribution in [1.82, 2.24) is 10.6 Å². The van der Waals surface area contributed by atoms with Crippen molar-refractivity contribution in [3.05, 3.63) is 59.9 Å². The summed E-state index contributed by atoms with van der Waals surface area (Å²) in [6.07, 6.45) is 0. The molecule has 0 aromatic heterocycles. The number of halogens is 2. The summed E-state index contributed by atoms with van der Waals surface area (Å²) in [4.78, 5) is 4.55. The molecular formula is C19H25FIN3O2. The van der Waals surface area contributed by atoms with Gasteiger partial charge in [-0.3, -0.25) is 0 Å². The summed E-state index contributed by atoms with van der Waals surface area (Å²) < 4.78 is 23.9. The number of hydrogen-bond acceptors (Lipinski definition) is 3. The first-order chi connectivity index (χ1) is 12.2. The van der Waals surface area contributed by atoms with E-state index in [4.69, 9.17) is 9.47 Å². The molecule has 0 aliphatic rings. The third kappa shape index (κ3) is 7.47. The second kappa shape index (κ2) is 12.3. The summed E-state index contributed by atoms with van der Waals surface area (Å²) in [5.74, 6) is 1.71. The minimum Gasteiger partial charge on any atom is -0.496 e. The zero-order chi connectivity index (χ0) is 17.9. The van der Waals surface area contributed by atoms with E-state index in [1.54, 1.807) is 19.2 Å². The Labute approximate surface area is 171 Å². The van der Waals surface area contributed by atoms with Crippen LogP contribution in [-0.2, 0) is 6.54 Å². The number of guanidine groups is 1. The Hall–Kier alpha value is -2.03. The third-order valence-electron chi connectivity index (χ3n) is 3.40. The smallest absolute Gasteiger partial charge is 0.191 e. The SMILES string of the molecule is CCNC(=NCc1ccccc1OC)NCCOc1cccc(F)c1.I. The fourth-order valence-electron chi connectivity index (χ4n) is 2.23. The van der Waals surface area contributed by atoms with Crippen molar-refractivity contribution in [2.75, 3.05) is 26.8 Å². The monoisotopic (exact) mass is 473 g/mol. The maximum Gasteiger partial charge on any atom is 0.191 e. The number of ether oxygens (including phenoxy) is 2. The molecule has 0 spiro atoms. The topological polar surface area (TPSA) is 54.9 Å². The molecule has 0 bridgehead atoms. The highest BCUT2D eigenvalue weighted by Gasteiger charge is 2.02. The van der Waals surface area contributed by atoms with Crippen molar-refractivity contribution >= 4 is 29.9 Å². The van der Waals surface area contributed by atoms with Crippen molar-refractivity contribution in [1.29, 1.82) is 0 Å². The van der Waals surface area contributed by atoms with Crippen LogP contribution in [0.3, 0.4) is 0 Å². The van der Waals surface area contributed by atoms with E-state index in [1.807, 2.05) is 31.2 Å². The van der Waals surface area contributed by atoms with Gasteiger partial charge in [-0.15, -0.1) is 24.0 Å². The summed E-state index contributed by atoms with van der Waals surface area (Å²) in [5.41, 5.74) is 1.01. The van der Waals surface area contributed by atoms with Gasteiger partial charge < -0.3 is 20.1 Å². The van der Waals surface area contributed by atoms with Gasteiger partial charge in [0.2, 0.25) is 0 Å². The summed E-state index contributed by atoms with van der Waals surface area (Å²) in [6.45, 7) is 4.22. The third-order valence-corrected chi connectivity index (χ3v) is 3.40. The van der Waals surface area contributed by atoms with Gasteiger partial charge in [-0.1, -0.05) is 24.3 Å². The van der Waals surface area contributed by atoms with Gasteiger partial charge in [-0.25, -0.2) is 9.38 Å². The minimum atomic E-state index is -0.308. The lowest BCUT2D eigenvalue weighted by Gasteiger charge is -2.13. The van der Waals surface area contributed by atoms with Gasteiger partial charge in [-0.05, 0) is 25.1 Å². The second-order valence-electron chi connectivity index (χ2n) is 5.24. The molecule has 0 fully saturated rings. The molecule has 0 aliphatic heterocycles. The van der Waals surface area contributed by atoms with Crippen molar-refractivity contribution in [3.8, 4) is 11.5 Å². The molecule has 5 nitrogen and oxygen atoms in total. The molecule has 0 radical (unpaired) electrons. The average Bonchev–Trinajstić information content (AvgIpc) is 2.63. The molecule has 0 amide bonds. The molecule has 0 saturated carbocycles. The molecule has 2 aromatic rings. The van der Waals surface area contributed by atoms with Crippen molar-refractivity contribution in [2.24, 2.45) is 4.99 Å². The fraction of sp³-hybridized carbons (Fsp3) is 0.316. The van der Waals surface area contributed by atoms with E-state index >= 15 is 0 Å². The predicted molar refractivity (Wildman–Crippen MR) is 113 cm³/mol. The first-order valence-corrected chi connectivity index (χ1v) is 8.25. The number of methoxy groups -OCH3 is 1. The Balaban J connectivity index is 0.00000338. The van der Waals surface area contributed by atoms with E-state index in [-0.39, 0.29) is 29.8 Å². The lowest BCUT2D eigenvalue weighted by atomic mass is 10.2. The first kappa shape index (κ1) is 22.0. The van der Waals surface area contributed by atoms with Crippen LogP contribution in [0.2, 0.25) is 0 Å². The predicted octanol–water partition coefficient (Wildman–Crippen LogP) is 3.59. The van der Waals surface area contributed by atoms with Gasteiger partial charge in [0.05, 0.1) is 20.2 Å². The van der Waals surface area contributed by atoms with E-state index in [1.165, 1.54) is 12.1 Å². The Kier molecular flexibility index (Phi) is 10.5. The molecule has 26 heavy (non-hydrogen) atoms. The Morgan fingerprint density at radius 2 is 1.92 bits per heavy atom. The number of nitrogens with zero attached hydrogens (tertiary/aromatic N) is 1. The van der Waals surface area contributed by atoms with Gasteiger partial charge in [0, 0.05) is 18.2 Å².